The molecule has 1 heterocycles. The molecule has 0 bridgehead atoms. The van der Waals surface area contributed by atoms with Crippen LogP contribution >= 0.6 is 0 Å². The van der Waals surface area contributed by atoms with Crippen LogP contribution in [0, 0.1) is 5.92 Å². The maximum Gasteiger partial charge on any atom is 0.416 e. The first-order valence-corrected chi connectivity index (χ1v) is 10.5. The lowest BCUT2D eigenvalue weighted by Gasteiger charge is -2.34. The van der Waals surface area contributed by atoms with Crippen LogP contribution in [0.3, 0.4) is 0 Å². The van der Waals surface area contributed by atoms with Crippen molar-refractivity contribution in [1.82, 2.24) is 15.5 Å². The molecule has 1 aliphatic heterocycles. The molecule has 2 aliphatic rings. The second-order valence-electron chi connectivity index (χ2n) is 8.53. The van der Waals surface area contributed by atoms with E-state index in [0.717, 1.165) is 51.9 Å². The first kappa shape index (κ1) is 23.8. The lowest BCUT2D eigenvalue weighted by Crippen LogP contribution is -2.47. The van der Waals surface area contributed by atoms with E-state index in [4.69, 9.17) is 0 Å². The highest BCUT2D eigenvalue weighted by Crippen LogP contribution is 2.37. The normalized spacial score (nSPS) is 20.0. The Labute approximate surface area is 177 Å². The number of rotatable bonds is 7. The van der Waals surface area contributed by atoms with Gasteiger partial charge in [0, 0.05) is 24.2 Å². The smallest absolute Gasteiger partial charge is 0.352 e. The van der Waals surface area contributed by atoms with Gasteiger partial charge in [0.05, 0.1) is 11.1 Å². The third-order valence-corrected chi connectivity index (χ3v) is 6.04. The summed E-state index contributed by atoms with van der Waals surface area (Å²) in [7, 11) is 0. The first-order valence-electron chi connectivity index (χ1n) is 10.5. The fourth-order valence-electron chi connectivity index (χ4n) is 4.12. The average Bonchev–Trinajstić information content (AvgIpc) is 3.44. The minimum atomic E-state index is -4.98. The van der Waals surface area contributed by atoms with E-state index >= 15 is 0 Å². The highest BCUT2D eigenvalue weighted by Gasteiger charge is 2.43. The number of hydrogen-bond donors (Lipinski definition) is 2. The maximum atomic E-state index is 13.0. The van der Waals surface area contributed by atoms with Crippen LogP contribution in [0.15, 0.2) is 18.2 Å². The number of likely N-dealkylation sites (N-methyl/N-ethyl adjacent to an activating group) is 1. The predicted molar refractivity (Wildman–Crippen MR) is 104 cm³/mol. The molecule has 3 rings (SSSR count). The van der Waals surface area contributed by atoms with Gasteiger partial charge in [-0.25, -0.2) is 0 Å². The maximum absolute atomic E-state index is 13.0. The average molecular weight is 451 g/mol. The zero-order valence-electron chi connectivity index (χ0n) is 17.3. The van der Waals surface area contributed by atoms with E-state index in [1.54, 1.807) is 0 Å². The van der Waals surface area contributed by atoms with Gasteiger partial charge >= 0.3 is 12.4 Å². The van der Waals surface area contributed by atoms with Crippen LogP contribution in [0.5, 0.6) is 0 Å². The van der Waals surface area contributed by atoms with Crippen molar-refractivity contribution in [2.24, 2.45) is 5.92 Å². The number of alkyl halides is 6. The molecule has 0 spiro atoms. The number of likely N-dealkylation sites (tertiary alicyclic amines) is 1. The molecule has 0 atom stereocenters. The van der Waals surface area contributed by atoms with Gasteiger partial charge in [-0.2, -0.15) is 26.3 Å². The van der Waals surface area contributed by atoms with Gasteiger partial charge in [-0.15, -0.1) is 0 Å². The largest absolute Gasteiger partial charge is 0.416 e. The van der Waals surface area contributed by atoms with Crippen molar-refractivity contribution in [3.05, 3.63) is 34.9 Å². The van der Waals surface area contributed by atoms with E-state index in [1.165, 1.54) is 0 Å². The fourth-order valence-corrected chi connectivity index (χ4v) is 4.12. The van der Waals surface area contributed by atoms with Crippen molar-refractivity contribution in [2.75, 3.05) is 32.7 Å². The van der Waals surface area contributed by atoms with E-state index < -0.39 is 35.0 Å². The number of carbonyl (C=O) groups is 1. The molecule has 1 saturated carbocycles. The summed E-state index contributed by atoms with van der Waals surface area (Å²) in [5, 5.41) is 6.04. The summed E-state index contributed by atoms with van der Waals surface area (Å²) in [5.41, 5.74) is -3.40. The lowest BCUT2D eigenvalue weighted by atomic mass is 9.96. The van der Waals surface area contributed by atoms with E-state index in [-0.39, 0.29) is 24.1 Å². The minimum absolute atomic E-state index is 0.0204. The number of nitrogens with one attached hydrogen (secondary N) is 2. The number of piperidine rings is 1. The van der Waals surface area contributed by atoms with Crippen LogP contribution in [0.25, 0.3) is 0 Å². The standard InChI is InChI=1S/C21H27F6N3O/c1-2-29-19(5-6-19)13-30-7-3-14(4-8-30)12-28-18(31)15-9-16(20(22,23)24)11-17(10-15)21(25,26)27/h9-11,14,29H,2-8,12-13H2,1H3,(H,28,31). The molecule has 0 aromatic heterocycles. The third-order valence-electron chi connectivity index (χ3n) is 6.04. The van der Waals surface area contributed by atoms with E-state index in [0.29, 0.717) is 12.1 Å². The van der Waals surface area contributed by atoms with E-state index in [1.807, 2.05) is 0 Å². The number of nitrogens with zero attached hydrogens (tertiary/aromatic N) is 1. The number of hydrogen-bond acceptors (Lipinski definition) is 3. The Bertz CT molecular complexity index is 748. The molecule has 1 amide bonds. The van der Waals surface area contributed by atoms with Gasteiger partial charge in [-0.05, 0) is 69.4 Å². The van der Waals surface area contributed by atoms with Gasteiger partial charge in [-0.3, -0.25) is 4.79 Å². The molecule has 2 fully saturated rings. The van der Waals surface area contributed by atoms with Crippen LogP contribution in [0.4, 0.5) is 26.3 Å². The summed E-state index contributed by atoms with van der Waals surface area (Å²) in [6, 6.07) is 0.943. The van der Waals surface area contributed by atoms with Crippen LogP contribution in [0.1, 0.15) is 54.1 Å². The zero-order chi connectivity index (χ0) is 22.9. The van der Waals surface area contributed by atoms with Crippen molar-refractivity contribution in [2.45, 2.75) is 50.5 Å². The Morgan fingerprint density at radius 2 is 1.58 bits per heavy atom. The molecule has 174 valence electrons. The Hall–Kier alpha value is -1.81. The molecule has 1 aliphatic carbocycles. The number of amides is 1. The summed E-state index contributed by atoms with van der Waals surface area (Å²) in [6.07, 6.45) is -6.00. The molecular weight excluding hydrogens is 424 g/mol. The predicted octanol–water partition coefficient (Wildman–Crippen LogP) is 4.31. The molecule has 1 aromatic carbocycles. The Morgan fingerprint density at radius 1 is 1.03 bits per heavy atom. The van der Waals surface area contributed by atoms with Crippen LogP contribution < -0.4 is 10.6 Å². The van der Waals surface area contributed by atoms with Gasteiger partial charge in [0.15, 0.2) is 0 Å². The van der Waals surface area contributed by atoms with Crippen molar-refractivity contribution >= 4 is 5.91 Å². The number of carbonyl (C=O) groups excluding carboxylic acids is 1. The molecule has 2 N–H and O–H groups in total. The molecule has 0 unspecified atom stereocenters. The van der Waals surface area contributed by atoms with Gasteiger partial charge in [-0.1, -0.05) is 6.92 Å². The van der Waals surface area contributed by atoms with Crippen molar-refractivity contribution in [1.29, 1.82) is 0 Å². The molecule has 0 radical (unpaired) electrons. The molecule has 4 nitrogen and oxygen atoms in total. The second kappa shape index (κ2) is 8.97. The number of benzene rings is 1. The second-order valence-corrected chi connectivity index (χ2v) is 8.53. The SMILES string of the molecule is CCNC1(CN2CCC(CNC(=O)c3cc(C(F)(F)F)cc(C(F)(F)F)c3)CC2)CC1. The van der Waals surface area contributed by atoms with Crippen LogP contribution in [-0.4, -0.2) is 49.1 Å². The Kier molecular flexibility index (Phi) is 6.90. The highest BCUT2D eigenvalue weighted by molar-refractivity contribution is 5.94. The monoisotopic (exact) mass is 451 g/mol. The first-order chi connectivity index (χ1) is 14.4. The van der Waals surface area contributed by atoms with Gasteiger partial charge in [0.25, 0.3) is 5.91 Å². The van der Waals surface area contributed by atoms with Gasteiger partial charge < -0.3 is 15.5 Å². The zero-order valence-corrected chi connectivity index (χ0v) is 17.3. The molecule has 10 heteroatoms. The van der Waals surface area contributed by atoms with Crippen molar-refractivity contribution in [3.63, 3.8) is 0 Å². The summed E-state index contributed by atoms with van der Waals surface area (Å²) in [6.45, 7) is 5.92. The summed E-state index contributed by atoms with van der Waals surface area (Å²) < 4.78 is 77.8. The fraction of sp³-hybridized carbons (Fsp3) is 0.667. The van der Waals surface area contributed by atoms with Crippen molar-refractivity contribution in [3.8, 4) is 0 Å². The molecule has 1 saturated heterocycles. The quantitative estimate of drug-likeness (QED) is 0.608. The van der Waals surface area contributed by atoms with Gasteiger partial charge in [0.1, 0.15) is 0 Å². The lowest BCUT2D eigenvalue weighted by molar-refractivity contribution is -0.143. The molecule has 1 aromatic rings. The van der Waals surface area contributed by atoms with E-state index in [2.05, 4.69) is 22.5 Å². The summed E-state index contributed by atoms with van der Waals surface area (Å²) >= 11 is 0. The highest BCUT2D eigenvalue weighted by atomic mass is 19.4. The van der Waals surface area contributed by atoms with Crippen LogP contribution in [0.2, 0.25) is 0 Å². The van der Waals surface area contributed by atoms with Crippen LogP contribution in [-0.2, 0) is 12.4 Å². The topological polar surface area (TPSA) is 44.4 Å². The van der Waals surface area contributed by atoms with Crippen molar-refractivity contribution < 1.29 is 31.1 Å². The molecule has 31 heavy (non-hydrogen) atoms. The summed E-state index contributed by atoms with van der Waals surface area (Å²) in [4.78, 5) is 14.7. The Balaban J connectivity index is 1.55. The minimum Gasteiger partial charge on any atom is -0.352 e. The van der Waals surface area contributed by atoms with Gasteiger partial charge in [0.2, 0.25) is 0 Å². The summed E-state index contributed by atoms with van der Waals surface area (Å²) in [5.74, 6) is -0.787. The Morgan fingerprint density at radius 3 is 2.03 bits per heavy atom. The molecular formula is C21H27F6N3O. The number of halogens is 6. The van der Waals surface area contributed by atoms with E-state index in [9.17, 15) is 31.1 Å². The third kappa shape index (κ3) is 6.35.